The number of aromatic amines is 1. The molecule has 0 bridgehead atoms. The van der Waals surface area contributed by atoms with Crippen LogP contribution in [0.5, 0.6) is 5.75 Å². The minimum atomic E-state index is -0.0993. The second kappa shape index (κ2) is 5.16. The summed E-state index contributed by atoms with van der Waals surface area (Å²) in [5.41, 5.74) is 1.80. The van der Waals surface area contributed by atoms with Gasteiger partial charge in [-0.15, -0.1) is 0 Å². The van der Waals surface area contributed by atoms with E-state index < -0.39 is 0 Å². The zero-order valence-corrected chi connectivity index (χ0v) is 9.51. The van der Waals surface area contributed by atoms with Crippen LogP contribution in [0.4, 0.5) is 0 Å². The molecule has 0 spiro atoms. The molecule has 1 aromatic carbocycles. The zero-order chi connectivity index (χ0) is 12.1. The van der Waals surface area contributed by atoms with Gasteiger partial charge in [-0.3, -0.25) is 4.79 Å². The second-order valence-corrected chi connectivity index (χ2v) is 3.60. The van der Waals surface area contributed by atoms with Crippen LogP contribution in [0.15, 0.2) is 47.4 Å². The monoisotopic (exact) mass is 227 g/mol. The van der Waals surface area contributed by atoms with Gasteiger partial charge in [-0.1, -0.05) is 24.3 Å². The summed E-state index contributed by atoms with van der Waals surface area (Å²) in [5.74, 6) is 0.818. The topological polar surface area (TPSA) is 42.1 Å². The van der Waals surface area contributed by atoms with E-state index in [2.05, 4.69) is 4.98 Å². The standard InChI is InChI=1S/C14H13NO2/c1-17-13-4-2-3-11(9-13)5-6-12-7-8-15-14(16)10-12/h2-10H,1H3,(H,15,16)/b6-5+. The van der Waals surface area contributed by atoms with Crippen LogP contribution in [-0.4, -0.2) is 12.1 Å². The van der Waals surface area contributed by atoms with E-state index in [0.717, 1.165) is 16.9 Å². The number of rotatable bonds is 3. The molecule has 0 radical (unpaired) electrons. The third-order valence-corrected chi connectivity index (χ3v) is 2.36. The van der Waals surface area contributed by atoms with Gasteiger partial charge in [0.2, 0.25) is 5.56 Å². The summed E-state index contributed by atoms with van der Waals surface area (Å²) in [6, 6.07) is 11.1. The van der Waals surface area contributed by atoms with Gasteiger partial charge in [-0.2, -0.15) is 0 Å². The van der Waals surface area contributed by atoms with Crippen molar-refractivity contribution in [1.29, 1.82) is 0 Å². The molecular formula is C14H13NO2. The van der Waals surface area contributed by atoms with Gasteiger partial charge in [-0.05, 0) is 29.3 Å². The Morgan fingerprint density at radius 3 is 2.59 bits per heavy atom. The molecule has 3 heteroatoms. The Labute approximate surface area is 99.4 Å². The first-order valence-corrected chi connectivity index (χ1v) is 5.29. The van der Waals surface area contributed by atoms with Crippen molar-refractivity contribution in [3.63, 3.8) is 0 Å². The van der Waals surface area contributed by atoms with Crippen molar-refractivity contribution >= 4 is 12.2 Å². The van der Waals surface area contributed by atoms with Gasteiger partial charge in [0, 0.05) is 12.3 Å². The van der Waals surface area contributed by atoms with Crippen molar-refractivity contribution in [3.05, 3.63) is 64.1 Å². The molecule has 86 valence electrons. The molecule has 1 aromatic heterocycles. The average Bonchev–Trinajstić information content (AvgIpc) is 2.37. The van der Waals surface area contributed by atoms with Crippen LogP contribution in [0.1, 0.15) is 11.1 Å². The largest absolute Gasteiger partial charge is 0.497 e. The molecule has 0 aliphatic carbocycles. The Morgan fingerprint density at radius 2 is 1.88 bits per heavy atom. The minimum Gasteiger partial charge on any atom is -0.497 e. The number of hydrogen-bond acceptors (Lipinski definition) is 2. The van der Waals surface area contributed by atoms with Gasteiger partial charge >= 0.3 is 0 Å². The number of H-pyrrole nitrogens is 1. The van der Waals surface area contributed by atoms with E-state index in [1.165, 1.54) is 0 Å². The van der Waals surface area contributed by atoms with E-state index in [1.54, 1.807) is 19.4 Å². The Morgan fingerprint density at radius 1 is 1.12 bits per heavy atom. The Bertz CT molecular complexity index is 585. The molecule has 3 nitrogen and oxygen atoms in total. The van der Waals surface area contributed by atoms with Crippen molar-refractivity contribution in [3.8, 4) is 5.75 Å². The highest BCUT2D eigenvalue weighted by atomic mass is 16.5. The van der Waals surface area contributed by atoms with Crippen LogP contribution in [0.3, 0.4) is 0 Å². The maximum Gasteiger partial charge on any atom is 0.248 e. The summed E-state index contributed by atoms with van der Waals surface area (Å²) in [6.07, 6.45) is 5.47. The lowest BCUT2D eigenvalue weighted by atomic mass is 10.1. The second-order valence-electron chi connectivity index (χ2n) is 3.60. The van der Waals surface area contributed by atoms with E-state index in [9.17, 15) is 4.79 Å². The predicted molar refractivity (Wildman–Crippen MR) is 69.0 cm³/mol. The van der Waals surface area contributed by atoms with E-state index in [-0.39, 0.29) is 5.56 Å². The lowest BCUT2D eigenvalue weighted by molar-refractivity contribution is 0.414. The third kappa shape index (κ3) is 3.08. The molecule has 17 heavy (non-hydrogen) atoms. The Kier molecular flexibility index (Phi) is 3.40. The molecule has 0 unspecified atom stereocenters. The number of aromatic nitrogens is 1. The number of methoxy groups -OCH3 is 1. The molecular weight excluding hydrogens is 214 g/mol. The maximum atomic E-state index is 11.1. The number of nitrogens with one attached hydrogen (secondary N) is 1. The third-order valence-electron chi connectivity index (χ3n) is 2.36. The summed E-state index contributed by atoms with van der Waals surface area (Å²) in [4.78, 5) is 13.7. The van der Waals surface area contributed by atoms with Crippen LogP contribution < -0.4 is 10.3 Å². The first kappa shape index (κ1) is 11.2. The van der Waals surface area contributed by atoms with Gasteiger partial charge in [-0.25, -0.2) is 0 Å². The van der Waals surface area contributed by atoms with E-state index >= 15 is 0 Å². The summed E-state index contributed by atoms with van der Waals surface area (Å²) in [7, 11) is 1.64. The molecule has 0 aliphatic heterocycles. The summed E-state index contributed by atoms with van der Waals surface area (Å²) < 4.78 is 5.14. The maximum absolute atomic E-state index is 11.1. The number of ether oxygens (including phenoxy) is 1. The highest BCUT2D eigenvalue weighted by Crippen LogP contribution is 2.14. The molecule has 0 saturated heterocycles. The van der Waals surface area contributed by atoms with Crippen molar-refractivity contribution in [2.24, 2.45) is 0 Å². The smallest absolute Gasteiger partial charge is 0.248 e. The molecule has 2 rings (SSSR count). The van der Waals surface area contributed by atoms with Crippen LogP contribution in [0.25, 0.3) is 12.2 Å². The fourth-order valence-corrected chi connectivity index (χ4v) is 1.50. The molecule has 1 N–H and O–H groups in total. The van der Waals surface area contributed by atoms with Crippen molar-refractivity contribution < 1.29 is 4.74 Å². The van der Waals surface area contributed by atoms with Gasteiger partial charge in [0.1, 0.15) is 5.75 Å². The zero-order valence-electron chi connectivity index (χ0n) is 9.51. The average molecular weight is 227 g/mol. The normalized spacial score (nSPS) is 10.6. The summed E-state index contributed by atoms with van der Waals surface area (Å²) in [6.45, 7) is 0. The highest BCUT2D eigenvalue weighted by molar-refractivity contribution is 5.69. The summed E-state index contributed by atoms with van der Waals surface area (Å²) >= 11 is 0. The quantitative estimate of drug-likeness (QED) is 0.875. The van der Waals surface area contributed by atoms with Crippen molar-refractivity contribution in [2.45, 2.75) is 0 Å². The molecule has 0 amide bonds. The Balaban J connectivity index is 2.22. The molecule has 0 fully saturated rings. The van der Waals surface area contributed by atoms with E-state index in [4.69, 9.17) is 4.74 Å². The van der Waals surface area contributed by atoms with Crippen molar-refractivity contribution in [2.75, 3.05) is 7.11 Å². The number of hydrogen-bond donors (Lipinski definition) is 1. The van der Waals surface area contributed by atoms with Crippen molar-refractivity contribution in [1.82, 2.24) is 4.98 Å². The first-order chi connectivity index (χ1) is 8.28. The predicted octanol–water partition coefficient (Wildman–Crippen LogP) is 2.55. The molecule has 0 atom stereocenters. The molecule has 1 heterocycles. The molecule has 2 aromatic rings. The van der Waals surface area contributed by atoms with Gasteiger partial charge in [0.05, 0.1) is 7.11 Å². The Hall–Kier alpha value is -2.29. The van der Waals surface area contributed by atoms with Gasteiger partial charge in [0.15, 0.2) is 0 Å². The SMILES string of the molecule is COc1cccc(/C=C/c2cc[nH]c(=O)c2)c1. The minimum absolute atomic E-state index is 0.0993. The first-order valence-electron chi connectivity index (χ1n) is 5.29. The van der Waals surface area contributed by atoms with E-state index in [1.807, 2.05) is 42.5 Å². The molecule has 0 aliphatic rings. The summed E-state index contributed by atoms with van der Waals surface area (Å²) in [5, 5.41) is 0. The fraction of sp³-hybridized carbons (Fsp3) is 0.0714. The van der Waals surface area contributed by atoms with Gasteiger partial charge in [0.25, 0.3) is 0 Å². The van der Waals surface area contributed by atoms with Gasteiger partial charge < -0.3 is 9.72 Å². The van der Waals surface area contributed by atoms with Crippen LogP contribution in [0.2, 0.25) is 0 Å². The lowest BCUT2D eigenvalue weighted by Gasteiger charge is -1.99. The lowest BCUT2D eigenvalue weighted by Crippen LogP contribution is -2.01. The van der Waals surface area contributed by atoms with Crippen LogP contribution in [-0.2, 0) is 0 Å². The number of benzene rings is 1. The molecule has 0 saturated carbocycles. The van der Waals surface area contributed by atoms with Crippen LogP contribution in [0, 0.1) is 0 Å². The van der Waals surface area contributed by atoms with E-state index in [0.29, 0.717) is 0 Å². The fourth-order valence-electron chi connectivity index (χ4n) is 1.50. The number of pyridine rings is 1. The highest BCUT2D eigenvalue weighted by Gasteiger charge is 1.92. The van der Waals surface area contributed by atoms with Crippen LogP contribution >= 0.6 is 0 Å².